The van der Waals surface area contributed by atoms with Crippen molar-refractivity contribution in [3.8, 4) is 11.5 Å². The molecule has 0 aliphatic carbocycles. The van der Waals surface area contributed by atoms with Crippen molar-refractivity contribution < 1.29 is 14.3 Å². The Balaban J connectivity index is 1.74. The maximum absolute atomic E-state index is 12.6. The van der Waals surface area contributed by atoms with Gasteiger partial charge in [-0.15, -0.1) is 11.3 Å². The lowest BCUT2D eigenvalue weighted by Crippen LogP contribution is -2.29. The third kappa shape index (κ3) is 4.21. The highest BCUT2D eigenvalue weighted by atomic mass is 32.1. The molecule has 3 aromatic rings. The molecule has 1 atom stereocenters. The monoisotopic (exact) mass is 373 g/mol. The fourth-order valence-corrected chi connectivity index (χ4v) is 4.09. The molecule has 0 bridgehead atoms. The maximum Gasteiger partial charge on any atom is 0.225 e. The van der Waals surface area contributed by atoms with E-state index in [0.717, 1.165) is 16.0 Å². The lowest BCUT2D eigenvalue weighted by atomic mass is 10.1. The number of ether oxygens (including phenoxy) is 2. The van der Waals surface area contributed by atoms with E-state index in [2.05, 4.69) is 10.7 Å². The number of nitrogens with one attached hydrogen (secondary N) is 1. The van der Waals surface area contributed by atoms with Crippen LogP contribution in [0.4, 0.5) is 0 Å². The van der Waals surface area contributed by atoms with Crippen molar-refractivity contribution in [2.24, 2.45) is 0 Å². The lowest BCUT2D eigenvalue weighted by Gasteiger charge is -2.17. The molecule has 0 fully saturated rings. The van der Waals surface area contributed by atoms with E-state index in [-0.39, 0.29) is 18.4 Å². The lowest BCUT2D eigenvalue weighted by molar-refractivity contribution is -0.120. The summed E-state index contributed by atoms with van der Waals surface area (Å²) < 4.78 is 10.5. The van der Waals surface area contributed by atoms with Gasteiger partial charge in [0.25, 0.3) is 0 Å². The van der Waals surface area contributed by atoms with Crippen LogP contribution in [0.15, 0.2) is 52.5 Å². The van der Waals surface area contributed by atoms with Gasteiger partial charge in [0, 0.05) is 4.88 Å². The molecule has 130 valence electrons. The largest absolute Gasteiger partial charge is 0.493 e. The molecule has 0 saturated carbocycles. The average Bonchev–Trinajstić information content (AvgIpc) is 3.33. The second-order valence-corrected chi connectivity index (χ2v) is 7.20. The number of carbonyl (C=O) groups is 1. The summed E-state index contributed by atoms with van der Waals surface area (Å²) in [5.74, 6) is 1.25. The number of benzene rings is 1. The standard InChI is InChI=1S/C19H19NO3S2/c1-22-15-6-5-13(10-16(15)23-2)11-18(21)20-19(14-7-9-24-12-14)17-4-3-8-25-17/h3-10,12,19H,11H2,1-2H3,(H,20,21)/t19-/m1/s1. The van der Waals surface area contributed by atoms with Gasteiger partial charge < -0.3 is 14.8 Å². The van der Waals surface area contributed by atoms with Crippen LogP contribution in [0, 0.1) is 0 Å². The summed E-state index contributed by atoms with van der Waals surface area (Å²) in [4.78, 5) is 13.7. The molecule has 0 aliphatic heterocycles. The third-order valence-corrected chi connectivity index (χ3v) is 5.46. The Hall–Kier alpha value is -2.31. The molecule has 1 amide bonds. The van der Waals surface area contributed by atoms with Gasteiger partial charge in [-0.2, -0.15) is 11.3 Å². The molecule has 2 heterocycles. The molecule has 0 aliphatic rings. The number of methoxy groups -OCH3 is 2. The highest BCUT2D eigenvalue weighted by Crippen LogP contribution is 2.29. The molecule has 0 saturated heterocycles. The predicted molar refractivity (Wildman–Crippen MR) is 102 cm³/mol. The number of carbonyl (C=O) groups excluding carboxylic acids is 1. The van der Waals surface area contributed by atoms with Crippen LogP contribution < -0.4 is 14.8 Å². The fraction of sp³-hybridized carbons (Fsp3) is 0.211. The van der Waals surface area contributed by atoms with Gasteiger partial charge in [0.1, 0.15) is 0 Å². The minimum atomic E-state index is -0.112. The Labute approximate surface area is 155 Å². The van der Waals surface area contributed by atoms with E-state index in [9.17, 15) is 4.79 Å². The van der Waals surface area contributed by atoms with E-state index in [1.165, 1.54) is 0 Å². The average molecular weight is 373 g/mol. The Morgan fingerprint density at radius 2 is 1.96 bits per heavy atom. The molecular formula is C19H19NO3S2. The molecule has 6 heteroatoms. The van der Waals surface area contributed by atoms with Crippen LogP contribution in [0.1, 0.15) is 22.0 Å². The van der Waals surface area contributed by atoms with Gasteiger partial charge in [-0.1, -0.05) is 12.1 Å². The van der Waals surface area contributed by atoms with Crippen LogP contribution in [0.3, 0.4) is 0 Å². The Morgan fingerprint density at radius 3 is 2.60 bits per heavy atom. The van der Waals surface area contributed by atoms with Crippen LogP contribution in [0.2, 0.25) is 0 Å². The summed E-state index contributed by atoms with van der Waals surface area (Å²) in [5, 5.41) is 9.26. The number of amides is 1. The number of rotatable bonds is 7. The van der Waals surface area contributed by atoms with Gasteiger partial charge in [-0.3, -0.25) is 4.79 Å². The van der Waals surface area contributed by atoms with Gasteiger partial charge in [0.15, 0.2) is 11.5 Å². The van der Waals surface area contributed by atoms with Crippen molar-refractivity contribution in [1.82, 2.24) is 5.32 Å². The van der Waals surface area contributed by atoms with E-state index >= 15 is 0 Å². The van der Waals surface area contributed by atoms with Crippen LogP contribution >= 0.6 is 22.7 Å². The van der Waals surface area contributed by atoms with Crippen molar-refractivity contribution in [1.29, 1.82) is 0 Å². The molecule has 0 unspecified atom stereocenters. The van der Waals surface area contributed by atoms with Gasteiger partial charge in [0.2, 0.25) is 5.91 Å². The second-order valence-electron chi connectivity index (χ2n) is 5.44. The summed E-state index contributed by atoms with van der Waals surface area (Å²) in [6, 6.07) is 11.5. The van der Waals surface area contributed by atoms with Crippen molar-refractivity contribution in [2.75, 3.05) is 14.2 Å². The van der Waals surface area contributed by atoms with Crippen molar-refractivity contribution >= 4 is 28.6 Å². The summed E-state index contributed by atoms with van der Waals surface area (Å²) in [6.45, 7) is 0. The third-order valence-electron chi connectivity index (χ3n) is 3.82. The van der Waals surface area contributed by atoms with E-state index in [1.807, 2.05) is 47.2 Å². The summed E-state index contributed by atoms with van der Waals surface area (Å²) >= 11 is 3.27. The van der Waals surface area contributed by atoms with Crippen molar-refractivity contribution in [2.45, 2.75) is 12.5 Å². The second kappa shape index (κ2) is 8.18. The van der Waals surface area contributed by atoms with Crippen molar-refractivity contribution in [3.63, 3.8) is 0 Å². The zero-order chi connectivity index (χ0) is 17.6. The molecule has 25 heavy (non-hydrogen) atoms. The normalized spacial score (nSPS) is 11.8. The van der Waals surface area contributed by atoms with Gasteiger partial charge in [-0.05, 0) is 51.5 Å². The quantitative estimate of drug-likeness (QED) is 0.673. The minimum Gasteiger partial charge on any atom is -0.493 e. The fourth-order valence-electron chi connectivity index (χ4n) is 2.60. The Kier molecular flexibility index (Phi) is 5.73. The highest BCUT2D eigenvalue weighted by Gasteiger charge is 2.18. The molecule has 2 aromatic heterocycles. The molecule has 0 spiro atoms. The van der Waals surface area contributed by atoms with E-state index < -0.39 is 0 Å². The Morgan fingerprint density at radius 1 is 1.12 bits per heavy atom. The zero-order valence-corrected chi connectivity index (χ0v) is 15.7. The summed E-state index contributed by atoms with van der Waals surface area (Å²) in [7, 11) is 3.18. The molecule has 1 N–H and O–H groups in total. The van der Waals surface area contributed by atoms with E-state index in [0.29, 0.717) is 11.5 Å². The SMILES string of the molecule is COc1ccc(CC(=O)N[C@H](c2ccsc2)c2cccs2)cc1OC. The first-order valence-corrected chi connectivity index (χ1v) is 9.59. The number of thiophene rings is 2. The van der Waals surface area contributed by atoms with E-state index in [1.54, 1.807) is 36.9 Å². The first-order chi connectivity index (χ1) is 12.2. The predicted octanol–water partition coefficient (Wildman–Crippen LogP) is 4.28. The summed E-state index contributed by atoms with van der Waals surface area (Å²) in [5.41, 5.74) is 1.98. The smallest absolute Gasteiger partial charge is 0.225 e. The van der Waals surface area contributed by atoms with Crippen molar-refractivity contribution in [3.05, 3.63) is 68.5 Å². The molecule has 1 aromatic carbocycles. The van der Waals surface area contributed by atoms with Gasteiger partial charge in [0.05, 0.1) is 26.7 Å². The first-order valence-electron chi connectivity index (χ1n) is 7.77. The minimum absolute atomic E-state index is 0.0307. The van der Waals surface area contributed by atoms with Crippen LogP contribution in [0.25, 0.3) is 0 Å². The van der Waals surface area contributed by atoms with Crippen LogP contribution in [-0.4, -0.2) is 20.1 Å². The highest BCUT2D eigenvalue weighted by molar-refractivity contribution is 7.10. The number of hydrogen-bond acceptors (Lipinski definition) is 5. The topological polar surface area (TPSA) is 47.6 Å². The van der Waals surface area contributed by atoms with Gasteiger partial charge >= 0.3 is 0 Å². The maximum atomic E-state index is 12.6. The first kappa shape index (κ1) is 17.5. The van der Waals surface area contributed by atoms with Crippen LogP contribution in [-0.2, 0) is 11.2 Å². The van der Waals surface area contributed by atoms with Gasteiger partial charge in [-0.25, -0.2) is 0 Å². The Bertz CT molecular complexity index is 779. The molecular weight excluding hydrogens is 354 g/mol. The molecule has 0 radical (unpaired) electrons. The number of hydrogen-bond donors (Lipinski definition) is 1. The summed E-state index contributed by atoms with van der Waals surface area (Å²) in [6.07, 6.45) is 0.284. The zero-order valence-electron chi connectivity index (χ0n) is 14.0. The van der Waals surface area contributed by atoms with Crippen LogP contribution in [0.5, 0.6) is 11.5 Å². The molecule has 4 nitrogen and oxygen atoms in total. The molecule has 3 rings (SSSR count). The van der Waals surface area contributed by atoms with E-state index in [4.69, 9.17) is 9.47 Å².